The van der Waals surface area contributed by atoms with E-state index in [2.05, 4.69) is 35.5 Å². The maximum absolute atomic E-state index is 13.1. The van der Waals surface area contributed by atoms with Crippen molar-refractivity contribution in [3.05, 3.63) is 54.6 Å². The first kappa shape index (κ1) is 30.6. The minimum absolute atomic E-state index is 0.0460. The lowest BCUT2D eigenvalue weighted by atomic mass is 9.96. The Morgan fingerprint density at radius 2 is 1.85 bits per heavy atom. The largest absolute Gasteiger partial charge is 0.497 e. The summed E-state index contributed by atoms with van der Waals surface area (Å²) in [6.07, 6.45) is 5.23. The summed E-state index contributed by atoms with van der Waals surface area (Å²) >= 11 is 1.61. The van der Waals surface area contributed by atoms with Gasteiger partial charge >= 0.3 is 0 Å². The molecule has 8 nitrogen and oxygen atoms in total. The molecule has 3 aromatic rings. The van der Waals surface area contributed by atoms with Crippen molar-refractivity contribution in [1.82, 2.24) is 24.6 Å². The van der Waals surface area contributed by atoms with Gasteiger partial charge in [0.1, 0.15) is 5.75 Å². The monoisotopic (exact) mass is 577 g/mol. The van der Waals surface area contributed by atoms with E-state index in [4.69, 9.17) is 4.74 Å². The second kappa shape index (κ2) is 15.1. The van der Waals surface area contributed by atoms with E-state index in [0.717, 1.165) is 65.8 Å². The average molecular weight is 578 g/mol. The van der Waals surface area contributed by atoms with Crippen LogP contribution in [0.5, 0.6) is 5.75 Å². The quantitative estimate of drug-likeness (QED) is 0.181. The van der Waals surface area contributed by atoms with E-state index in [9.17, 15) is 9.59 Å². The Kier molecular flexibility index (Phi) is 11.2. The number of amides is 2. The number of unbranched alkanes of at least 4 members (excludes halogenated alkanes) is 1. The van der Waals surface area contributed by atoms with Gasteiger partial charge in [-0.3, -0.25) is 14.2 Å². The van der Waals surface area contributed by atoms with Gasteiger partial charge in [-0.25, -0.2) is 0 Å². The number of piperazine rings is 1. The molecule has 0 saturated carbocycles. The van der Waals surface area contributed by atoms with E-state index >= 15 is 0 Å². The first-order valence-corrected chi connectivity index (χ1v) is 15.8. The highest BCUT2D eigenvalue weighted by atomic mass is 32.2. The molecule has 2 amide bonds. The minimum Gasteiger partial charge on any atom is -0.497 e. The number of aromatic nitrogens is 3. The maximum Gasteiger partial charge on any atom is 0.226 e. The lowest BCUT2D eigenvalue weighted by molar-refractivity contribution is -0.145. The van der Waals surface area contributed by atoms with Gasteiger partial charge in [0.15, 0.2) is 11.0 Å². The van der Waals surface area contributed by atoms with E-state index in [-0.39, 0.29) is 23.8 Å². The number of hydrogen-bond acceptors (Lipinski definition) is 6. The second-order valence-electron chi connectivity index (χ2n) is 10.6. The molecule has 1 aliphatic rings. The van der Waals surface area contributed by atoms with Gasteiger partial charge in [-0.05, 0) is 50.5 Å². The average Bonchev–Trinajstić information content (AvgIpc) is 3.43. The van der Waals surface area contributed by atoms with E-state index in [1.165, 1.54) is 0 Å². The molecule has 1 saturated heterocycles. The Labute approximate surface area is 248 Å². The molecule has 1 fully saturated rings. The molecule has 41 heavy (non-hydrogen) atoms. The molecule has 0 spiro atoms. The van der Waals surface area contributed by atoms with Crippen molar-refractivity contribution < 1.29 is 14.3 Å². The third-order valence-corrected chi connectivity index (χ3v) is 8.77. The fourth-order valence-electron chi connectivity index (χ4n) is 5.37. The number of nitrogens with zero attached hydrogens (tertiary/aromatic N) is 5. The number of ether oxygens (including phenoxy) is 1. The predicted molar refractivity (Wildman–Crippen MR) is 164 cm³/mol. The molecule has 2 heterocycles. The molecule has 2 atom stereocenters. The summed E-state index contributed by atoms with van der Waals surface area (Å²) in [5, 5.41) is 9.81. The van der Waals surface area contributed by atoms with Crippen molar-refractivity contribution in [2.24, 2.45) is 5.92 Å². The van der Waals surface area contributed by atoms with Crippen LogP contribution in [0.1, 0.15) is 59.3 Å². The van der Waals surface area contributed by atoms with Gasteiger partial charge in [0.25, 0.3) is 0 Å². The van der Waals surface area contributed by atoms with Gasteiger partial charge in [0.2, 0.25) is 11.8 Å². The fourth-order valence-corrected chi connectivity index (χ4v) is 6.26. The topological polar surface area (TPSA) is 80.6 Å². The van der Waals surface area contributed by atoms with E-state index in [0.29, 0.717) is 26.1 Å². The SMILES string of the molecule is CCCCC(CC)C(=O)N1CCN(C(=O)CCCSc2nnc(-c3cccc(OC)c3)n2-c2ccccc2)CC1C. The summed E-state index contributed by atoms with van der Waals surface area (Å²) in [6, 6.07) is 17.9. The van der Waals surface area contributed by atoms with Gasteiger partial charge in [0.05, 0.1) is 7.11 Å². The smallest absolute Gasteiger partial charge is 0.226 e. The van der Waals surface area contributed by atoms with Crippen molar-refractivity contribution in [2.45, 2.75) is 70.5 Å². The standard InChI is InChI=1S/C32H43N5O3S/c1-5-7-13-25(6-2)31(39)36-20-19-35(23-24(36)3)29(38)18-12-21-41-32-34-33-30(26-14-11-17-28(22-26)40-4)37(32)27-15-9-8-10-16-27/h8-11,14-17,22,24-25H,5-7,12-13,18-21,23H2,1-4H3. The van der Waals surface area contributed by atoms with Crippen molar-refractivity contribution in [2.75, 3.05) is 32.5 Å². The van der Waals surface area contributed by atoms with Gasteiger partial charge in [-0.15, -0.1) is 10.2 Å². The van der Waals surface area contributed by atoms with Gasteiger partial charge in [0, 0.05) is 55.0 Å². The number of methoxy groups -OCH3 is 1. The third-order valence-electron chi connectivity index (χ3n) is 7.75. The normalized spacial score (nSPS) is 16.0. The Balaban J connectivity index is 1.33. The van der Waals surface area contributed by atoms with Gasteiger partial charge in [-0.2, -0.15) is 0 Å². The van der Waals surface area contributed by atoms with Crippen LogP contribution in [0.3, 0.4) is 0 Å². The summed E-state index contributed by atoms with van der Waals surface area (Å²) in [7, 11) is 1.65. The van der Waals surface area contributed by atoms with Crippen LogP contribution in [0.4, 0.5) is 0 Å². The fraction of sp³-hybridized carbons (Fsp3) is 0.500. The lowest BCUT2D eigenvalue weighted by Crippen LogP contribution is -2.56. The second-order valence-corrected chi connectivity index (χ2v) is 11.7. The molecule has 2 unspecified atom stereocenters. The van der Waals surface area contributed by atoms with Crippen molar-refractivity contribution >= 4 is 23.6 Å². The highest BCUT2D eigenvalue weighted by Crippen LogP contribution is 2.30. The Morgan fingerprint density at radius 3 is 2.56 bits per heavy atom. The van der Waals surface area contributed by atoms with Crippen molar-refractivity contribution in [3.8, 4) is 22.8 Å². The molecule has 0 N–H and O–H groups in total. The number of benzene rings is 2. The van der Waals surface area contributed by atoms with Crippen LogP contribution in [0, 0.1) is 5.92 Å². The molecule has 9 heteroatoms. The number of rotatable bonds is 13. The zero-order valence-electron chi connectivity index (χ0n) is 24.8. The van der Waals surface area contributed by atoms with E-state index in [1.54, 1.807) is 18.9 Å². The predicted octanol–water partition coefficient (Wildman–Crippen LogP) is 6.09. The number of carbonyl (C=O) groups excluding carboxylic acids is 2. The number of carbonyl (C=O) groups is 2. The van der Waals surface area contributed by atoms with Gasteiger partial charge < -0.3 is 14.5 Å². The maximum atomic E-state index is 13.1. The summed E-state index contributed by atoms with van der Waals surface area (Å²) in [6.45, 7) is 8.16. The molecule has 220 valence electrons. The summed E-state index contributed by atoms with van der Waals surface area (Å²) in [5.74, 6) is 2.77. The molecule has 0 bridgehead atoms. The van der Waals surface area contributed by atoms with Crippen LogP contribution in [0.25, 0.3) is 17.1 Å². The van der Waals surface area contributed by atoms with Crippen LogP contribution < -0.4 is 4.74 Å². The van der Waals surface area contributed by atoms with Crippen molar-refractivity contribution in [1.29, 1.82) is 0 Å². The van der Waals surface area contributed by atoms with Crippen LogP contribution >= 0.6 is 11.8 Å². The van der Waals surface area contributed by atoms with E-state index in [1.807, 2.05) is 64.4 Å². The summed E-state index contributed by atoms with van der Waals surface area (Å²) in [5.41, 5.74) is 1.90. The van der Waals surface area contributed by atoms with Crippen LogP contribution in [0.2, 0.25) is 0 Å². The Bertz CT molecular complexity index is 1280. The zero-order chi connectivity index (χ0) is 29.2. The minimum atomic E-state index is 0.0460. The first-order valence-electron chi connectivity index (χ1n) is 14.8. The summed E-state index contributed by atoms with van der Waals surface area (Å²) < 4.78 is 7.48. The van der Waals surface area contributed by atoms with E-state index < -0.39 is 0 Å². The zero-order valence-corrected chi connectivity index (χ0v) is 25.6. The van der Waals surface area contributed by atoms with Crippen LogP contribution in [-0.4, -0.2) is 74.9 Å². The molecule has 0 aliphatic carbocycles. The molecule has 4 rings (SSSR count). The Hall–Kier alpha value is -3.33. The first-order chi connectivity index (χ1) is 20.0. The number of hydrogen-bond donors (Lipinski definition) is 0. The number of para-hydroxylation sites is 1. The Morgan fingerprint density at radius 1 is 1.05 bits per heavy atom. The molecular formula is C32H43N5O3S. The lowest BCUT2D eigenvalue weighted by Gasteiger charge is -2.41. The highest BCUT2D eigenvalue weighted by Gasteiger charge is 2.32. The molecule has 1 aliphatic heterocycles. The molecular weight excluding hydrogens is 534 g/mol. The van der Waals surface area contributed by atoms with Crippen LogP contribution in [0.15, 0.2) is 59.8 Å². The van der Waals surface area contributed by atoms with Crippen LogP contribution in [-0.2, 0) is 9.59 Å². The molecule has 0 radical (unpaired) electrons. The molecule has 2 aromatic carbocycles. The van der Waals surface area contributed by atoms with Gasteiger partial charge in [-0.1, -0.05) is 68.8 Å². The molecule has 1 aromatic heterocycles. The summed E-state index contributed by atoms with van der Waals surface area (Å²) in [4.78, 5) is 30.1. The number of thioether (sulfide) groups is 1. The highest BCUT2D eigenvalue weighted by molar-refractivity contribution is 7.99. The van der Waals surface area contributed by atoms with Crippen molar-refractivity contribution in [3.63, 3.8) is 0 Å². The third kappa shape index (κ3) is 7.70.